The summed E-state index contributed by atoms with van der Waals surface area (Å²) in [5.74, 6) is 1.66. The first-order chi connectivity index (χ1) is 12.1. The Morgan fingerprint density at radius 3 is 2.80 bits per heavy atom. The lowest BCUT2D eigenvalue weighted by Gasteiger charge is -2.05. The van der Waals surface area contributed by atoms with Gasteiger partial charge in [0.2, 0.25) is 0 Å². The van der Waals surface area contributed by atoms with E-state index in [1.54, 1.807) is 12.1 Å². The molecule has 25 heavy (non-hydrogen) atoms. The maximum Gasteiger partial charge on any atom is 0.272 e. The molecule has 126 valence electrons. The number of Topliss-reactive ketones (excluding diaryl/α,β-unsaturated/α-hetero) is 1. The van der Waals surface area contributed by atoms with Gasteiger partial charge in [-0.2, -0.15) is 5.10 Å². The van der Waals surface area contributed by atoms with Gasteiger partial charge in [-0.05, 0) is 38.0 Å². The van der Waals surface area contributed by atoms with Crippen LogP contribution in [0.2, 0.25) is 0 Å². The number of aromatic amines is 2. The SMILES string of the molecule is CC(=O)c1c[nH]c(C(=O)Nc2cccc(-c3n[nH]c(C4CC4)n3)c2)c1. The molecule has 0 unspecified atom stereocenters. The normalized spacial score (nSPS) is 13.6. The maximum absolute atomic E-state index is 12.3. The summed E-state index contributed by atoms with van der Waals surface area (Å²) >= 11 is 0. The number of anilines is 1. The minimum atomic E-state index is -0.307. The average Bonchev–Trinajstić information content (AvgIpc) is 3.13. The van der Waals surface area contributed by atoms with Crippen LogP contribution in [0.4, 0.5) is 5.69 Å². The molecule has 3 aromatic rings. The number of nitrogens with one attached hydrogen (secondary N) is 3. The fourth-order valence-electron chi connectivity index (χ4n) is 2.61. The van der Waals surface area contributed by atoms with E-state index in [4.69, 9.17) is 0 Å². The largest absolute Gasteiger partial charge is 0.356 e. The van der Waals surface area contributed by atoms with Crippen molar-refractivity contribution in [2.45, 2.75) is 25.7 Å². The summed E-state index contributed by atoms with van der Waals surface area (Å²) < 4.78 is 0. The van der Waals surface area contributed by atoms with Gasteiger partial charge >= 0.3 is 0 Å². The fourth-order valence-corrected chi connectivity index (χ4v) is 2.61. The zero-order chi connectivity index (χ0) is 17.4. The molecule has 2 aromatic heterocycles. The van der Waals surface area contributed by atoms with Crippen LogP contribution in [0.3, 0.4) is 0 Å². The molecular weight excluding hydrogens is 318 g/mol. The molecule has 4 rings (SSSR count). The molecular formula is C18H17N5O2. The van der Waals surface area contributed by atoms with Crippen molar-refractivity contribution < 1.29 is 9.59 Å². The third-order valence-electron chi connectivity index (χ3n) is 4.18. The van der Waals surface area contributed by atoms with Gasteiger partial charge in [-0.15, -0.1) is 0 Å². The zero-order valence-corrected chi connectivity index (χ0v) is 13.7. The molecule has 0 spiro atoms. The lowest BCUT2D eigenvalue weighted by atomic mass is 10.2. The van der Waals surface area contributed by atoms with E-state index in [2.05, 4.69) is 25.5 Å². The molecule has 1 aliphatic carbocycles. The minimum absolute atomic E-state index is 0.0895. The quantitative estimate of drug-likeness (QED) is 0.623. The van der Waals surface area contributed by atoms with Crippen LogP contribution in [0, 0.1) is 0 Å². The number of ketones is 1. The van der Waals surface area contributed by atoms with E-state index in [1.165, 1.54) is 13.1 Å². The van der Waals surface area contributed by atoms with E-state index in [1.807, 2.05) is 18.2 Å². The second kappa shape index (κ2) is 6.01. The first-order valence-electron chi connectivity index (χ1n) is 8.13. The lowest BCUT2D eigenvalue weighted by Crippen LogP contribution is -2.12. The minimum Gasteiger partial charge on any atom is -0.356 e. The molecule has 7 nitrogen and oxygen atoms in total. The maximum atomic E-state index is 12.3. The van der Waals surface area contributed by atoms with Crippen LogP contribution in [0.1, 0.15) is 52.4 Å². The van der Waals surface area contributed by atoms with Gasteiger partial charge in [0.25, 0.3) is 5.91 Å². The second-order valence-electron chi connectivity index (χ2n) is 6.21. The number of nitrogens with zero attached hydrogens (tertiary/aromatic N) is 2. The highest BCUT2D eigenvalue weighted by molar-refractivity contribution is 6.05. The number of amides is 1. The van der Waals surface area contributed by atoms with Gasteiger partial charge in [-0.25, -0.2) is 4.98 Å². The zero-order valence-electron chi connectivity index (χ0n) is 13.7. The molecule has 7 heteroatoms. The van der Waals surface area contributed by atoms with E-state index in [9.17, 15) is 9.59 Å². The van der Waals surface area contributed by atoms with Gasteiger partial charge < -0.3 is 10.3 Å². The number of aromatic nitrogens is 4. The Morgan fingerprint density at radius 2 is 2.08 bits per heavy atom. The molecule has 1 aliphatic rings. The van der Waals surface area contributed by atoms with Crippen molar-refractivity contribution in [2.24, 2.45) is 0 Å². The predicted octanol–water partition coefficient (Wildman–Crippen LogP) is 3.13. The van der Waals surface area contributed by atoms with Gasteiger partial charge in [0.05, 0.1) is 0 Å². The number of hydrogen-bond acceptors (Lipinski definition) is 4. The molecule has 0 atom stereocenters. The van der Waals surface area contributed by atoms with Crippen molar-refractivity contribution in [1.82, 2.24) is 20.2 Å². The van der Waals surface area contributed by atoms with E-state index in [0.717, 1.165) is 24.2 Å². The van der Waals surface area contributed by atoms with Crippen LogP contribution in [-0.2, 0) is 0 Å². The summed E-state index contributed by atoms with van der Waals surface area (Å²) in [6.07, 6.45) is 3.84. The first kappa shape index (κ1) is 15.3. The highest BCUT2D eigenvalue weighted by atomic mass is 16.2. The van der Waals surface area contributed by atoms with Crippen molar-refractivity contribution in [1.29, 1.82) is 0 Å². The number of hydrogen-bond donors (Lipinski definition) is 3. The fraction of sp³-hybridized carbons (Fsp3) is 0.222. The molecule has 0 saturated heterocycles. The van der Waals surface area contributed by atoms with Gasteiger partial charge in [0.1, 0.15) is 11.5 Å². The van der Waals surface area contributed by atoms with E-state index in [0.29, 0.717) is 28.7 Å². The van der Waals surface area contributed by atoms with E-state index in [-0.39, 0.29) is 11.7 Å². The highest BCUT2D eigenvalue weighted by Gasteiger charge is 2.27. The number of benzene rings is 1. The van der Waals surface area contributed by atoms with Gasteiger partial charge in [0, 0.05) is 28.9 Å². The summed E-state index contributed by atoms with van der Waals surface area (Å²) in [6, 6.07) is 8.90. The van der Waals surface area contributed by atoms with Crippen LogP contribution < -0.4 is 5.32 Å². The number of H-pyrrole nitrogens is 2. The van der Waals surface area contributed by atoms with E-state index < -0.39 is 0 Å². The summed E-state index contributed by atoms with van der Waals surface area (Å²) in [4.78, 5) is 31.0. The second-order valence-corrected chi connectivity index (χ2v) is 6.21. The Hall–Kier alpha value is -3.22. The van der Waals surface area contributed by atoms with Crippen LogP contribution in [0.25, 0.3) is 11.4 Å². The average molecular weight is 335 g/mol. The molecule has 0 aliphatic heterocycles. The van der Waals surface area contributed by atoms with Crippen molar-refractivity contribution in [2.75, 3.05) is 5.32 Å². The van der Waals surface area contributed by atoms with Crippen molar-refractivity contribution >= 4 is 17.4 Å². The van der Waals surface area contributed by atoms with E-state index >= 15 is 0 Å². The van der Waals surface area contributed by atoms with Crippen molar-refractivity contribution in [3.8, 4) is 11.4 Å². The third-order valence-corrected chi connectivity index (χ3v) is 4.18. The Bertz CT molecular complexity index is 952. The van der Waals surface area contributed by atoms with Crippen LogP contribution in [0.5, 0.6) is 0 Å². The Kier molecular flexibility index (Phi) is 3.68. The predicted molar refractivity (Wildman–Crippen MR) is 92.5 cm³/mol. The molecule has 1 amide bonds. The van der Waals surface area contributed by atoms with Gasteiger partial charge in [-0.1, -0.05) is 12.1 Å². The third kappa shape index (κ3) is 3.21. The highest BCUT2D eigenvalue weighted by Crippen LogP contribution is 2.38. The molecule has 0 radical (unpaired) electrons. The molecule has 1 fully saturated rings. The van der Waals surface area contributed by atoms with Gasteiger partial charge in [-0.3, -0.25) is 14.7 Å². The Labute approximate surface area is 143 Å². The standard InChI is InChI=1S/C18H17N5O2/c1-10(24)13-8-15(19-9-13)18(25)20-14-4-2-3-12(7-14)17-21-16(22-23-17)11-5-6-11/h2-4,7-9,11,19H,5-6H2,1H3,(H,20,25)(H,21,22,23). The molecule has 2 heterocycles. The van der Waals surface area contributed by atoms with Crippen molar-refractivity contribution in [3.63, 3.8) is 0 Å². The molecule has 0 bridgehead atoms. The van der Waals surface area contributed by atoms with Crippen LogP contribution >= 0.6 is 0 Å². The molecule has 3 N–H and O–H groups in total. The van der Waals surface area contributed by atoms with Crippen molar-refractivity contribution in [3.05, 3.63) is 53.6 Å². The summed E-state index contributed by atoms with van der Waals surface area (Å²) in [6.45, 7) is 1.46. The topological polar surface area (TPSA) is 104 Å². The summed E-state index contributed by atoms with van der Waals surface area (Å²) in [5, 5.41) is 10.1. The lowest BCUT2D eigenvalue weighted by molar-refractivity contribution is 0.101. The Balaban J connectivity index is 1.52. The summed E-state index contributed by atoms with van der Waals surface area (Å²) in [7, 11) is 0. The first-order valence-corrected chi connectivity index (χ1v) is 8.13. The summed E-state index contributed by atoms with van der Waals surface area (Å²) in [5.41, 5.74) is 2.29. The number of rotatable bonds is 5. The van der Waals surface area contributed by atoms with Crippen LogP contribution in [-0.4, -0.2) is 31.9 Å². The molecule has 1 aromatic carbocycles. The monoisotopic (exact) mass is 335 g/mol. The van der Waals surface area contributed by atoms with Gasteiger partial charge in [0.15, 0.2) is 11.6 Å². The number of carbonyl (C=O) groups is 2. The Morgan fingerprint density at radius 1 is 1.24 bits per heavy atom. The molecule has 1 saturated carbocycles. The van der Waals surface area contributed by atoms with Crippen LogP contribution in [0.15, 0.2) is 36.5 Å². The smallest absolute Gasteiger partial charge is 0.272 e. The number of carbonyl (C=O) groups excluding carboxylic acids is 2.